The SMILES string of the molecule is CCCC(=O)N1CCN(C(=O)c2cn(C)cc3c(=O)n(-c4ccccc4)nc2-3)CC1. The summed E-state index contributed by atoms with van der Waals surface area (Å²) in [4.78, 5) is 41.9. The van der Waals surface area contributed by atoms with Crippen molar-refractivity contribution in [3.8, 4) is 16.9 Å². The van der Waals surface area contributed by atoms with Crippen LogP contribution in [-0.2, 0) is 11.8 Å². The number of benzene rings is 1. The molecule has 4 rings (SSSR count). The number of para-hydroxylation sites is 1. The van der Waals surface area contributed by atoms with Crippen molar-refractivity contribution in [2.45, 2.75) is 19.8 Å². The Morgan fingerprint density at radius 3 is 2.33 bits per heavy atom. The van der Waals surface area contributed by atoms with E-state index < -0.39 is 0 Å². The molecule has 156 valence electrons. The molecule has 3 aliphatic rings. The van der Waals surface area contributed by atoms with Gasteiger partial charge in [-0.05, 0) is 18.6 Å². The number of hydrogen-bond donors (Lipinski definition) is 0. The number of rotatable bonds is 4. The highest BCUT2D eigenvalue weighted by Crippen LogP contribution is 2.23. The minimum Gasteiger partial charge on any atom is -0.356 e. The highest BCUT2D eigenvalue weighted by atomic mass is 16.2. The lowest BCUT2D eigenvalue weighted by Gasteiger charge is -2.35. The highest BCUT2D eigenvalue weighted by Gasteiger charge is 2.29. The van der Waals surface area contributed by atoms with Gasteiger partial charge in [0.25, 0.3) is 11.5 Å². The van der Waals surface area contributed by atoms with Crippen molar-refractivity contribution in [1.29, 1.82) is 0 Å². The molecule has 3 heterocycles. The molecule has 1 aromatic rings. The number of nitrogens with zero attached hydrogens (tertiary/aromatic N) is 5. The van der Waals surface area contributed by atoms with Gasteiger partial charge in [-0.1, -0.05) is 25.1 Å². The zero-order chi connectivity index (χ0) is 21.3. The summed E-state index contributed by atoms with van der Waals surface area (Å²) in [5, 5.41) is 4.49. The largest absolute Gasteiger partial charge is 0.356 e. The van der Waals surface area contributed by atoms with E-state index in [0.717, 1.165) is 6.42 Å². The Bertz CT molecular complexity index is 1090. The van der Waals surface area contributed by atoms with Gasteiger partial charge in [0.1, 0.15) is 5.69 Å². The molecule has 1 saturated heterocycles. The summed E-state index contributed by atoms with van der Waals surface area (Å²) < 4.78 is 3.05. The van der Waals surface area contributed by atoms with E-state index >= 15 is 0 Å². The maximum atomic E-state index is 13.3. The summed E-state index contributed by atoms with van der Waals surface area (Å²) in [6, 6.07) is 9.17. The normalized spacial score (nSPS) is 14.3. The van der Waals surface area contributed by atoms with Crippen molar-refractivity contribution < 1.29 is 9.59 Å². The Morgan fingerprint density at radius 1 is 1.00 bits per heavy atom. The van der Waals surface area contributed by atoms with Gasteiger partial charge < -0.3 is 14.4 Å². The van der Waals surface area contributed by atoms with Crippen molar-refractivity contribution in [2.75, 3.05) is 26.2 Å². The van der Waals surface area contributed by atoms with Crippen LogP contribution in [0.4, 0.5) is 0 Å². The number of pyridine rings is 1. The summed E-state index contributed by atoms with van der Waals surface area (Å²) >= 11 is 0. The maximum absolute atomic E-state index is 13.3. The van der Waals surface area contributed by atoms with E-state index in [2.05, 4.69) is 5.10 Å². The molecule has 0 atom stereocenters. The van der Waals surface area contributed by atoms with E-state index in [1.807, 2.05) is 30.0 Å². The first-order valence-corrected chi connectivity index (χ1v) is 10.2. The molecular formula is C22H25N5O3. The molecule has 30 heavy (non-hydrogen) atoms. The number of piperazine rings is 1. The third-order valence-electron chi connectivity index (χ3n) is 5.41. The van der Waals surface area contributed by atoms with E-state index in [9.17, 15) is 14.4 Å². The lowest BCUT2D eigenvalue weighted by Crippen LogP contribution is -2.50. The number of amides is 2. The number of carbonyl (C=O) groups is 2. The summed E-state index contributed by atoms with van der Waals surface area (Å²) in [5.74, 6) is -0.0350. The molecule has 1 aromatic carbocycles. The van der Waals surface area contributed by atoms with Crippen LogP contribution in [0.3, 0.4) is 0 Å². The molecule has 0 spiro atoms. The molecule has 3 aliphatic heterocycles. The van der Waals surface area contributed by atoms with Crippen LogP contribution in [0.25, 0.3) is 16.9 Å². The van der Waals surface area contributed by atoms with Crippen molar-refractivity contribution in [1.82, 2.24) is 24.1 Å². The molecule has 0 aromatic heterocycles. The second kappa shape index (κ2) is 8.14. The number of aryl methyl sites for hydroxylation is 1. The predicted octanol–water partition coefficient (Wildman–Crippen LogP) is 1.76. The van der Waals surface area contributed by atoms with Gasteiger partial charge in [-0.15, -0.1) is 0 Å². The smallest absolute Gasteiger partial charge is 0.282 e. The first-order chi connectivity index (χ1) is 14.5. The Balaban J connectivity index is 1.64. The lowest BCUT2D eigenvalue weighted by molar-refractivity contribution is -0.132. The number of carbonyl (C=O) groups excluding carboxylic acids is 2. The van der Waals surface area contributed by atoms with Crippen molar-refractivity contribution in [2.24, 2.45) is 7.05 Å². The van der Waals surface area contributed by atoms with Crippen LogP contribution in [-0.4, -0.2) is 62.1 Å². The molecule has 0 aliphatic carbocycles. The summed E-state index contributed by atoms with van der Waals surface area (Å²) in [6.45, 7) is 3.98. The van der Waals surface area contributed by atoms with E-state index in [-0.39, 0.29) is 17.4 Å². The first kappa shape index (κ1) is 19.9. The number of hydrogen-bond acceptors (Lipinski definition) is 4. The Morgan fingerprint density at radius 2 is 1.67 bits per heavy atom. The van der Waals surface area contributed by atoms with Crippen molar-refractivity contribution >= 4 is 11.8 Å². The molecule has 2 amide bonds. The topological polar surface area (TPSA) is 80.4 Å². The third-order valence-corrected chi connectivity index (χ3v) is 5.41. The summed E-state index contributed by atoms with van der Waals surface area (Å²) in [5.41, 5.74) is 1.61. The summed E-state index contributed by atoms with van der Waals surface area (Å²) in [6.07, 6.45) is 4.76. The van der Waals surface area contributed by atoms with Gasteiger partial charge >= 0.3 is 0 Å². The molecule has 1 fully saturated rings. The molecule has 0 unspecified atom stereocenters. The lowest BCUT2D eigenvalue weighted by atomic mass is 10.1. The van der Waals surface area contributed by atoms with Crippen LogP contribution in [0.1, 0.15) is 30.1 Å². The third kappa shape index (κ3) is 3.60. The standard InChI is InChI=1S/C22H25N5O3/c1-3-7-19(28)25-10-12-26(13-11-25)21(29)17-14-24(2)15-18-20(17)23-27(22(18)30)16-8-5-4-6-9-16/h4-6,8-9,14-15H,3,7,10-13H2,1-2H3. The Kier molecular flexibility index (Phi) is 5.39. The van der Waals surface area contributed by atoms with Crippen LogP contribution in [0.5, 0.6) is 0 Å². The van der Waals surface area contributed by atoms with Gasteiger partial charge in [0.05, 0.1) is 16.8 Å². The van der Waals surface area contributed by atoms with E-state index in [1.165, 1.54) is 4.68 Å². The number of fused-ring (bicyclic) bond motifs is 1. The van der Waals surface area contributed by atoms with Gasteiger partial charge in [0, 0.05) is 52.0 Å². The fraction of sp³-hybridized carbons (Fsp3) is 0.364. The van der Waals surface area contributed by atoms with E-state index in [4.69, 9.17) is 0 Å². The second-order valence-electron chi connectivity index (χ2n) is 7.58. The molecule has 0 bridgehead atoms. The number of aromatic nitrogens is 3. The molecular weight excluding hydrogens is 382 g/mol. The van der Waals surface area contributed by atoms with Gasteiger partial charge in [0.15, 0.2) is 0 Å². The fourth-order valence-corrected chi connectivity index (χ4v) is 3.84. The summed E-state index contributed by atoms with van der Waals surface area (Å²) in [7, 11) is 1.79. The zero-order valence-electron chi connectivity index (χ0n) is 17.2. The zero-order valence-corrected chi connectivity index (χ0v) is 17.2. The molecule has 8 nitrogen and oxygen atoms in total. The minimum absolute atomic E-state index is 0.135. The molecule has 0 saturated carbocycles. The first-order valence-electron chi connectivity index (χ1n) is 10.2. The van der Waals surface area contributed by atoms with Gasteiger partial charge in [-0.2, -0.15) is 9.78 Å². The fourth-order valence-electron chi connectivity index (χ4n) is 3.84. The van der Waals surface area contributed by atoms with E-state index in [1.54, 1.807) is 41.0 Å². The van der Waals surface area contributed by atoms with Gasteiger partial charge in [0.2, 0.25) is 5.91 Å². The second-order valence-corrected chi connectivity index (χ2v) is 7.58. The molecule has 8 heteroatoms. The predicted molar refractivity (Wildman–Crippen MR) is 113 cm³/mol. The van der Waals surface area contributed by atoms with Gasteiger partial charge in [-0.3, -0.25) is 14.4 Å². The van der Waals surface area contributed by atoms with Crippen LogP contribution < -0.4 is 5.56 Å². The molecule has 0 N–H and O–H groups in total. The molecule has 0 radical (unpaired) electrons. The van der Waals surface area contributed by atoms with Gasteiger partial charge in [-0.25, -0.2) is 0 Å². The van der Waals surface area contributed by atoms with Crippen LogP contribution in [0.15, 0.2) is 47.5 Å². The van der Waals surface area contributed by atoms with Crippen molar-refractivity contribution in [3.63, 3.8) is 0 Å². The maximum Gasteiger partial charge on any atom is 0.282 e. The average Bonchev–Trinajstić information content (AvgIpc) is 3.10. The van der Waals surface area contributed by atoms with Crippen molar-refractivity contribution in [3.05, 3.63) is 58.6 Å². The monoisotopic (exact) mass is 407 g/mol. The average molecular weight is 407 g/mol. The van der Waals surface area contributed by atoms with Crippen LogP contribution in [0, 0.1) is 0 Å². The Labute approximate surface area is 174 Å². The van der Waals surface area contributed by atoms with Crippen LogP contribution >= 0.6 is 0 Å². The highest BCUT2D eigenvalue weighted by molar-refractivity contribution is 6.00. The quantitative estimate of drug-likeness (QED) is 0.660. The van der Waals surface area contributed by atoms with Crippen LogP contribution in [0.2, 0.25) is 0 Å². The van der Waals surface area contributed by atoms with E-state index in [0.29, 0.717) is 55.1 Å². The minimum atomic E-state index is -0.253. The Hall–Kier alpha value is -3.42.